The van der Waals surface area contributed by atoms with Crippen LogP contribution in [-0.4, -0.2) is 37.4 Å². The molecule has 16 heavy (non-hydrogen) atoms. The number of carbonyl (C=O) groups is 3. The van der Waals surface area contributed by atoms with Gasteiger partial charge in [-0.3, -0.25) is 9.59 Å². The topological polar surface area (TPSA) is 126 Å². The summed E-state index contributed by atoms with van der Waals surface area (Å²) in [5.74, 6) is -1.64. The molecule has 0 heterocycles. The lowest BCUT2D eigenvalue weighted by atomic mass is 10.3. The summed E-state index contributed by atoms with van der Waals surface area (Å²) >= 11 is 0. The smallest absolute Gasteiger partial charge is 0.225 e. The number of carboxylic acids is 1. The molecule has 0 fully saturated rings. The van der Waals surface area contributed by atoms with Crippen molar-refractivity contribution in [2.75, 3.05) is 19.6 Å². The van der Waals surface area contributed by atoms with Crippen LogP contribution in [0.5, 0.6) is 0 Å². The predicted octanol–water partition coefficient (Wildman–Crippen LogP) is -3.62. The van der Waals surface area contributed by atoms with E-state index in [0.717, 1.165) is 0 Å². The lowest BCUT2D eigenvalue weighted by Crippen LogP contribution is -2.51. The summed E-state index contributed by atoms with van der Waals surface area (Å²) in [5, 5.41) is 15.0. The number of hydrogen-bond acceptors (Lipinski definition) is 4. The lowest BCUT2D eigenvalue weighted by molar-refractivity contribution is -0.366. The summed E-state index contributed by atoms with van der Waals surface area (Å²) in [6.45, 7) is 0.813. The first-order valence-corrected chi connectivity index (χ1v) is 5.08. The van der Waals surface area contributed by atoms with Crippen molar-refractivity contribution < 1.29 is 25.2 Å². The lowest BCUT2D eigenvalue weighted by Gasteiger charge is -2.06. The molecule has 92 valence electrons. The molecular weight excluding hydrogens is 214 g/mol. The number of rotatable bonds is 8. The van der Waals surface area contributed by atoms with Crippen LogP contribution in [0.25, 0.3) is 0 Å². The Morgan fingerprint density at radius 3 is 1.94 bits per heavy atom. The average Bonchev–Trinajstić information content (AvgIpc) is 2.17. The number of aliphatic carboxylic acids is 1. The van der Waals surface area contributed by atoms with Crippen LogP contribution in [0.4, 0.5) is 0 Å². The zero-order chi connectivity index (χ0) is 12.4. The molecule has 0 radical (unpaired) electrons. The number of hydrogen-bond donors (Lipinski definition) is 3. The Bertz CT molecular complexity index is 255. The normalized spacial score (nSPS) is 9.56. The van der Waals surface area contributed by atoms with Gasteiger partial charge in [0.2, 0.25) is 11.8 Å². The van der Waals surface area contributed by atoms with Crippen molar-refractivity contribution in [3.05, 3.63) is 0 Å². The summed E-state index contributed by atoms with van der Waals surface area (Å²) in [5.41, 5.74) is 3.52. The Morgan fingerprint density at radius 1 is 0.938 bits per heavy atom. The molecule has 0 saturated heterocycles. The molecule has 0 aromatic heterocycles. The maximum Gasteiger partial charge on any atom is 0.225 e. The third-order valence-corrected chi connectivity index (χ3v) is 1.73. The van der Waals surface area contributed by atoms with E-state index in [-0.39, 0.29) is 37.7 Å². The molecule has 0 unspecified atom stereocenters. The second kappa shape index (κ2) is 8.66. The highest BCUT2D eigenvalue weighted by atomic mass is 16.4. The van der Waals surface area contributed by atoms with Crippen LogP contribution in [0.3, 0.4) is 0 Å². The molecule has 7 nitrogen and oxygen atoms in total. The molecule has 0 rings (SSSR count). The van der Waals surface area contributed by atoms with Crippen molar-refractivity contribution in [2.24, 2.45) is 0 Å². The first-order chi connectivity index (χ1) is 7.56. The largest absolute Gasteiger partial charge is 0.550 e. The highest BCUT2D eigenvalue weighted by molar-refractivity contribution is 5.79. The van der Waals surface area contributed by atoms with E-state index in [4.69, 9.17) is 0 Å². The fraction of sp³-hybridized carbons (Fsp3) is 0.667. The minimum absolute atomic E-state index is 0.0496. The minimum Gasteiger partial charge on any atom is -0.550 e. The monoisotopic (exact) mass is 231 g/mol. The molecule has 0 bridgehead atoms. The van der Waals surface area contributed by atoms with E-state index in [2.05, 4.69) is 16.4 Å². The second-order valence-corrected chi connectivity index (χ2v) is 3.18. The molecule has 0 aliphatic heterocycles. The summed E-state index contributed by atoms with van der Waals surface area (Å²) in [6.07, 6.45) is 0.266. The van der Waals surface area contributed by atoms with Gasteiger partial charge in [0.05, 0.1) is 13.0 Å². The Hall–Kier alpha value is -1.63. The van der Waals surface area contributed by atoms with Gasteiger partial charge in [-0.1, -0.05) is 0 Å². The van der Waals surface area contributed by atoms with Gasteiger partial charge in [-0.15, -0.1) is 0 Å². The van der Waals surface area contributed by atoms with Crippen molar-refractivity contribution in [1.29, 1.82) is 0 Å². The molecule has 0 saturated carbocycles. The third-order valence-electron chi connectivity index (χ3n) is 1.73. The van der Waals surface area contributed by atoms with E-state index in [1.54, 1.807) is 0 Å². The molecule has 5 N–H and O–H groups in total. The Kier molecular flexibility index (Phi) is 7.78. The summed E-state index contributed by atoms with van der Waals surface area (Å²) in [7, 11) is 0. The van der Waals surface area contributed by atoms with Crippen molar-refractivity contribution in [3.8, 4) is 0 Å². The van der Waals surface area contributed by atoms with Gasteiger partial charge in [0, 0.05) is 31.9 Å². The van der Waals surface area contributed by atoms with Crippen molar-refractivity contribution in [3.63, 3.8) is 0 Å². The maximum absolute atomic E-state index is 11.1. The van der Waals surface area contributed by atoms with Crippen LogP contribution in [-0.2, 0) is 14.4 Å². The quantitative estimate of drug-likeness (QED) is 0.398. The number of amides is 2. The molecule has 0 aromatic carbocycles. The van der Waals surface area contributed by atoms with E-state index in [1.165, 1.54) is 0 Å². The number of quaternary nitrogens is 1. The first-order valence-electron chi connectivity index (χ1n) is 5.08. The van der Waals surface area contributed by atoms with Gasteiger partial charge in [-0.2, -0.15) is 0 Å². The van der Waals surface area contributed by atoms with Crippen molar-refractivity contribution >= 4 is 17.8 Å². The van der Waals surface area contributed by atoms with Gasteiger partial charge in [-0.25, -0.2) is 0 Å². The fourth-order valence-electron chi connectivity index (χ4n) is 0.957. The Morgan fingerprint density at radius 2 is 1.44 bits per heavy atom. The summed E-state index contributed by atoms with van der Waals surface area (Å²) in [6, 6.07) is 0. The highest BCUT2D eigenvalue weighted by Gasteiger charge is 2.03. The van der Waals surface area contributed by atoms with Crippen LogP contribution in [0.2, 0.25) is 0 Å². The first kappa shape index (κ1) is 14.4. The molecular formula is C9H17N3O4. The Balaban J connectivity index is 3.43. The van der Waals surface area contributed by atoms with Gasteiger partial charge in [-0.05, 0) is 0 Å². The number of carboxylic acid groups (broad SMARTS) is 1. The van der Waals surface area contributed by atoms with Crippen LogP contribution < -0.4 is 21.5 Å². The van der Waals surface area contributed by atoms with E-state index in [0.29, 0.717) is 13.0 Å². The molecule has 0 aliphatic rings. The predicted molar refractivity (Wildman–Crippen MR) is 52.6 cm³/mol. The molecule has 0 aliphatic carbocycles. The molecule has 7 heteroatoms. The van der Waals surface area contributed by atoms with Crippen LogP contribution in [0.15, 0.2) is 0 Å². The summed E-state index contributed by atoms with van der Waals surface area (Å²) < 4.78 is 0. The zero-order valence-electron chi connectivity index (χ0n) is 9.08. The average molecular weight is 231 g/mol. The molecule has 0 aromatic rings. The standard InChI is InChI=1S/C9H17N3O4/c10-4-1-7(13)11-5-2-8(14)12-6-3-9(15)16/h1-6,10H2,(H,11,13)(H,12,14)(H,15,16). The second-order valence-electron chi connectivity index (χ2n) is 3.18. The van der Waals surface area contributed by atoms with Crippen LogP contribution >= 0.6 is 0 Å². The van der Waals surface area contributed by atoms with Crippen molar-refractivity contribution in [1.82, 2.24) is 10.6 Å². The van der Waals surface area contributed by atoms with Gasteiger partial charge >= 0.3 is 0 Å². The minimum atomic E-state index is -1.20. The summed E-state index contributed by atoms with van der Waals surface area (Å²) in [4.78, 5) is 32.1. The van der Waals surface area contributed by atoms with Crippen LogP contribution in [0, 0.1) is 0 Å². The fourth-order valence-corrected chi connectivity index (χ4v) is 0.957. The highest BCUT2D eigenvalue weighted by Crippen LogP contribution is 1.81. The van der Waals surface area contributed by atoms with E-state index in [1.807, 2.05) is 0 Å². The van der Waals surface area contributed by atoms with Crippen LogP contribution in [0.1, 0.15) is 19.3 Å². The van der Waals surface area contributed by atoms with Gasteiger partial charge < -0.3 is 26.3 Å². The Labute approximate surface area is 93.4 Å². The van der Waals surface area contributed by atoms with E-state index < -0.39 is 5.97 Å². The van der Waals surface area contributed by atoms with Gasteiger partial charge in [0.25, 0.3) is 0 Å². The number of nitrogens with one attached hydrogen (secondary N) is 2. The molecule has 0 atom stereocenters. The number of carbonyl (C=O) groups excluding carboxylic acids is 3. The van der Waals surface area contributed by atoms with Crippen molar-refractivity contribution in [2.45, 2.75) is 19.3 Å². The zero-order valence-corrected chi connectivity index (χ0v) is 9.08. The SMILES string of the molecule is [NH3+]CCC(=O)NCCC(=O)NCCC(=O)[O-]. The third kappa shape index (κ3) is 8.95. The van der Waals surface area contributed by atoms with E-state index >= 15 is 0 Å². The van der Waals surface area contributed by atoms with E-state index in [9.17, 15) is 19.5 Å². The molecule has 0 spiro atoms. The van der Waals surface area contributed by atoms with Gasteiger partial charge in [0.15, 0.2) is 0 Å². The van der Waals surface area contributed by atoms with Gasteiger partial charge in [0.1, 0.15) is 0 Å². The molecule has 2 amide bonds. The maximum atomic E-state index is 11.1.